The lowest BCUT2D eigenvalue weighted by atomic mass is 9.95. The number of rotatable bonds is 5. The van der Waals surface area contributed by atoms with Crippen molar-refractivity contribution >= 4 is 17.7 Å². The molecule has 0 spiro atoms. The van der Waals surface area contributed by atoms with E-state index in [0.717, 1.165) is 0 Å². The first kappa shape index (κ1) is 13.5. The van der Waals surface area contributed by atoms with Crippen LogP contribution in [0.2, 0.25) is 0 Å². The van der Waals surface area contributed by atoms with Crippen molar-refractivity contribution in [2.24, 2.45) is 0 Å². The van der Waals surface area contributed by atoms with Crippen LogP contribution >= 0.6 is 11.8 Å². The molecule has 0 saturated heterocycles. The van der Waals surface area contributed by atoms with Crippen molar-refractivity contribution in [1.29, 1.82) is 0 Å². The van der Waals surface area contributed by atoms with Crippen LogP contribution < -0.4 is 5.32 Å². The van der Waals surface area contributed by atoms with Crippen molar-refractivity contribution in [2.45, 2.75) is 43.5 Å². The highest BCUT2D eigenvalue weighted by molar-refractivity contribution is 7.99. The molecule has 0 radical (unpaired) electrons. The predicted octanol–water partition coefficient (Wildman–Crippen LogP) is 2.74. The normalized spacial score (nSPS) is 24.1. The molecule has 1 aliphatic rings. The summed E-state index contributed by atoms with van der Waals surface area (Å²) in [6.45, 7) is 0.606. The third-order valence-electron chi connectivity index (χ3n) is 3.42. The summed E-state index contributed by atoms with van der Waals surface area (Å²) in [4.78, 5) is 10.7. The van der Waals surface area contributed by atoms with Crippen LogP contribution in [0.3, 0.4) is 0 Å². The predicted molar refractivity (Wildman–Crippen MR) is 72.1 cm³/mol. The van der Waals surface area contributed by atoms with Gasteiger partial charge in [0.1, 0.15) is 5.76 Å². The highest BCUT2D eigenvalue weighted by Crippen LogP contribution is 2.27. The van der Waals surface area contributed by atoms with Gasteiger partial charge in [-0.3, -0.25) is 0 Å². The Labute approximate surface area is 111 Å². The molecule has 2 N–H and O–H groups in total. The van der Waals surface area contributed by atoms with Gasteiger partial charge in [-0.15, -0.1) is 0 Å². The highest BCUT2D eigenvalue weighted by Gasteiger charge is 2.24. The number of hydrogen-bond donors (Lipinski definition) is 2. The van der Waals surface area contributed by atoms with Gasteiger partial charge in [0.15, 0.2) is 0 Å². The average Bonchev–Trinajstić information content (AvgIpc) is 2.85. The van der Waals surface area contributed by atoms with E-state index in [4.69, 9.17) is 9.52 Å². The smallest absolute Gasteiger partial charge is 0.371 e. The van der Waals surface area contributed by atoms with E-state index in [1.54, 1.807) is 6.07 Å². The molecule has 0 aromatic carbocycles. The summed E-state index contributed by atoms with van der Waals surface area (Å²) in [6, 6.07) is 3.74. The number of carbonyl (C=O) groups is 1. The van der Waals surface area contributed by atoms with E-state index in [0.29, 0.717) is 23.6 Å². The molecular weight excluding hydrogens is 250 g/mol. The van der Waals surface area contributed by atoms with Gasteiger partial charge in [-0.2, -0.15) is 11.8 Å². The molecule has 0 aliphatic heterocycles. The number of furan rings is 1. The van der Waals surface area contributed by atoms with Gasteiger partial charge >= 0.3 is 5.97 Å². The maximum atomic E-state index is 10.7. The molecule has 2 atom stereocenters. The second kappa shape index (κ2) is 6.29. The van der Waals surface area contributed by atoms with Crippen molar-refractivity contribution in [3.8, 4) is 0 Å². The van der Waals surface area contributed by atoms with Crippen molar-refractivity contribution in [3.05, 3.63) is 23.7 Å². The Morgan fingerprint density at radius 2 is 2.28 bits per heavy atom. The van der Waals surface area contributed by atoms with E-state index in [1.165, 1.54) is 31.7 Å². The van der Waals surface area contributed by atoms with Crippen molar-refractivity contribution in [1.82, 2.24) is 5.32 Å². The van der Waals surface area contributed by atoms with Gasteiger partial charge in [0.05, 0.1) is 6.54 Å². The third-order valence-corrected chi connectivity index (χ3v) is 4.59. The molecule has 1 saturated carbocycles. The first-order valence-electron chi connectivity index (χ1n) is 6.29. The number of hydrogen-bond acceptors (Lipinski definition) is 4. The average molecular weight is 269 g/mol. The monoisotopic (exact) mass is 269 g/mol. The zero-order valence-corrected chi connectivity index (χ0v) is 11.3. The maximum absolute atomic E-state index is 10.7. The number of nitrogens with one attached hydrogen (secondary N) is 1. The number of thioether (sulfide) groups is 1. The standard InChI is InChI=1S/C13H19NO3S/c1-18-12-5-3-2-4-10(12)14-8-9-6-7-11(17-9)13(15)16/h6-7,10,12,14H,2-5,8H2,1H3,(H,15,16). The largest absolute Gasteiger partial charge is 0.475 e. The molecular formula is C13H19NO3S. The lowest BCUT2D eigenvalue weighted by Gasteiger charge is -2.30. The lowest BCUT2D eigenvalue weighted by molar-refractivity contribution is 0.0660. The van der Waals surface area contributed by atoms with Crippen LogP contribution in [0.1, 0.15) is 42.0 Å². The lowest BCUT2D eigenvalue weighted by Crippen LogP contribution is -2.39. The van der Waals surface area contributed by atoms with Crippen LogP contribution in [0.15, 0.2) is 16.5 Å². The molecule has 18 heavy (non-hydrogen) atoms. The van der Waals surface area contributed by atoms with Gasteiger partial charge in [-0.1, -0.05) is 12.8 Å². The minimum absolute atomic E-state index is 0.0110. The molecule has 5 heteroatoms. The molecule has 2 unspecified atom stereocenters. The summed E-state index contributed by atoms with van der Waals surface area (Å²) < 4.78 is 5.24. The van der Waals surface area contributed by atoms with Crippen LogP contribution in [-0.4, -0.2) is 28.6 Å². The number of carboxylic acids is 1. The summed E-state index contributed by atoms with van der Waals surface area (Å²) in [5, 5.41) is 12.9. The molecule has 1 aromatic rings. The Hall–Kier alpha value is -0.940. The second-order valence-corrected chi connectivity index (χ2v) is 5.69. The molecule has 1 aliphatic carbocycles. The summed E-state index contributed by atoms with van der Waals surface area (Å²) >= 11 is 1.91. The first-order valence-corrected chi connectivity index (χ1v) is 7.57. The van der Waals surface area contributed by atoms with Gasteiger partial charge in [0.2, 0.25) is 5.76 Å². The Morgan fingerprint density at radius 1 is 1.50 bits per heavy atom. The summed E-state index contributed by atoms with van der Waals surface area (Å²) in [7, 11) is 0. The van der Waals surface area contributed by atoms with Gasteiger partial charge in [0, 0.05) is 11.3 Å². The van der Waals surface area contributed by atoms with E-state index in [2.05, 4.69) is 11.6 Å². The summed E-state index contributed by atoms with van der Waals surface area (Å²) in [5.74, 6) is -0.310. The topological polar surface area (TPSA) is 62.5 Å². The minimum Gasteiger partial charge on any atom is -0.475 e. The Bertz CT molecular complexity index is 405. The molecule has 1 aromatic heterocycles. The molecule has 4 nitrogen and oxygen atoms in total. The van der Waals surface area contributed by atoms with Gasteiger partial charge in [-0.25, -0.2) is 4.79 Å². The van der Waals surface area contributed by atoms with Crippen LogP contribution in [0.5, 0.6) is 0 Å². The van der Waals surface area contributed by atoms with Gasteiger partial charge in [0.25, 0.3) is 0 Å². The molecule has 0 amide bonds. The molecule has 1 heterocycles. The zero-order chi connectivity index (χ0) is 13.0. The minimum atomic E-state index is -1.01. The fourth-order valence-electron chi connectivity index (χ4n) is 2.43. The number of carboxylic acid groups (broad SMARTS) is 1. The fraction of sp³-hybridized carbons (Fsp3) is 0.615. The van der Waals surface area contributed by atoms with E-state index in [9.17, 15) is 4.79 Å². The SMILES string of the molecule is CSC1CCCCC1NCc1ccc(C(=O)O)o1. The Balaban J connectivity index is 1.87. The Morgan fingerprint density at radius 3 is 2.94 bits per heavy atom. The maximum Gasteiger partial charge on any atom is 0.371 e. The van der Waals surface area contributed by atoms with Crippen LogP contribution in [0.25, 0.3) is 0 Å². The molecule has 0 bridgehead atoms. The van der Waals surface area contributed by atoms with E-state index in [-0.39, 0.29) is 5.76 Å². The molecule has 1 fully saturated rings. The van der Waals surface area contributed by atoms with Crippen molar-refractivity contribution in [3.63, 3.8) is 0 Å². The zero-order valence-electron chi connectivity index (χ0n) is 10.5. The highest BCUT2D eigenvalue weighted by atomic mass is 32.2. The van der Waals surface area contributed by atoms with E-state index < -0.39 is 5.97 Å². The molecule has 100 valence electrons. The van der Waals surface area contributed by atoms with Crippen LogP contribution in [0.4, 0.5) is 0 Å². The first-order chi connectivity index (χ1) is 8.70. The van der Waals surface area contributed by atoms with Crippen LogP contribution in [0, 0.1) is 0 Å². The third kappa shape index (κ3) is 3.29. The van der Waals surface area contributed by atoms with Gasteiger partial charge in [-0.05, 0) is 31.2 Å². The quantitative estimate of drug-likeness (QED) is 0.860. The second-order valence-electron chi connectivity index (χ2n) is 4.62. The van der Waals surface area contributed by atoms with Gasteiger partial charge < -0.3 is 14.8 Å². The number of aromatic carboxylic acids is 1. The molecule has 2 rings (SSSR count). The summed E-state index contributed by atoms with van der Waals surface area (Å²) in [5.41, 5.74) is 0. The van der Waals surface area contributed by atoms with Crippen molar-refractivity contribution < 1.29 is 14.3 Å². The van der Waals surface area contributed by atoms with Crippen LogP contribution in [-0.2, 0) is 6.54 Å². The summed E-state index contributed by atoms with van der Waals surface area (Å²) in [6.07, 6.45) is 7.19. The van der Waals surface area contributed by atoms with Crippen molar-refractivity contribution in [2.75, 3.05) is 6.26 Å². The fourth-order valence-corrected chi connectivity index (χ4v) is 3.40. The Kier molecular flexibility index (Phi) is 4.72. The van der Waals surface area contributed by atoms with E-state index >= 15 is 0 Å². The van der Waals surface area contributed by atoms with E-state index in [1.807, 2.05) is 11.8 Å².